The van der Waals surface area contributed by atoms with Crippen LogP contribution in [-0.2, 0) is 19.3 Å². The maximum atomic E-state index is 2.37. The van der Waals surface area contributed by atoms with Crippen molar-refractivity contribution < 1.29 is 0 Å². The van der Waals surface area contributed by atoms with E-state index in [1.165, 1.54) is 63.8 Å². The van der Waals surface area contributed by atoms with Gasteiger partial charge in [-0.1, -0.05) is 81.8 Å². The van der Waals surface area contributed by atoms with E-state index in [1.54, 1.807) is 5.56 Å². The second-order valence-electron chi connectivity index (χ2n) is 7.32. The Morgan fingerprint density at radius 2 is 1.23 bits per heavy atom. The van der Waals surface area contributed by atoms with E-state index < -0.39 is 0 Å². The smallest absolute Gasteiger partial charge is 0.00202 e. The molecular formula is C26H28. The highest BCUT2D eigenvalue weighted by Crippen LogP contribution is 2.52. The highest BCUT2D eigenvalue weighted by atomic mass is 14.3. The van der Waals surface area contributed by atoms with Crippen LogP contribution in [-0.4, -0.2) is 0 Å². The molecule has 132 valence electrons. The highest BCUT2D eigenvalue weighted by Gasteiger charge is 2.27. The van der Waals surface area contributed by atoms with Gasteiger partial charge in [0, 0.05) is 0 Å². The lowest BCUT2D eigenvalue weighted by atomic mass is 9.74. The lowest BCUT2D eigenvalue weighted by Crippen LogP contribution is -2.06. The Labute approximate surface area is 157 Å². The zero-order valence-corrected chi connectivity index (χ0v) is 16.2. The van der Waals surface area contributed by atoms with Crippen LogP contribution in [0.2, 0.25) is 0 Å². The molecule has 0 aliphatic heterocycles. The molecule has 0 nitrogen and oxygen atoms in total. The van der Waals surface area contributed by atoms with Crippen molar-refractivity contribution in [3.05, 3.63) is 71.3 Å². The molecule has 0 saturated heterocycles. The van der Waals surface area contributed by atoms with Crippen molar-refractivity contribution in [2.75, 3.05) is 0 Å². The van der Waals surface area contributed by atoms with E-state index in [0.717, 1.165) is 12.8 Å². The molecule has 0 amide bonds. The molecular weight excluding hydrogens is 312 g/mol. The summed E-state index contributed by atoms with van der Waals surface area (Å²) in [7, 11) is 0. The lowest BCUT2D eigenvalue weighted by molar-refractivity contribution is 0.787. The zero-order valence-electron chi connectivity index (χ0n) is 16.2. The molecule has 0 bridgehead atoms. The molecule has 3 aromatic carbocycles. The third-order valence-electron chi connectivity index (χ3n) is 5.86. The molecule has 1 aliphatic rings. The summed E-state index contributed by atoms with van der Waals surface area (Å²) >= 11 is 0. The van der Waals surface area contributed by atoms with Crippen molar-refractivity contribution in [3.8, 4) is 33.4 Å². The Bertz CT molecular complexity index is 946. The minimum absolute atomic E-state index is 1.09. The van der Waals surface area contributed by atoms with E-state index in [2.05, 4.69) is 75.4 Å². The largest absolute Gasteiger partial charge is 0.0654 e. The molecule has 0 saturated carbocycles. The van der Waals surface area contributed by atoms with Gasteiger partial charge in [-0.3, -0.25) is 0 Å². The van der Waals surface area contributed by atoms with Gasteiger partial charge in [0.2, 0.25) is 0 Å². The molecule has 0 heterocycles. The van der Waals surface area contributed by atoms with Gasteiger partial charge in [-0.2, -0.15) is 0 Å². The first-order valence-corrected chi connectivity index (χ1v) is 10.2. The van der Waals surface area contributed by atoms with Gasteiger partial charge in [-0.15, -0.1) is 0 Å². The van der Waals surface area contributed by atoms with Gasteiger partial charge in [0.15, 0.2) is 0 Å². The molecule has 4 rings (SSSR count). The van der Waals surface area contributed by atoms with Crippen LogP contribution in [0.25, 0.3) is 33.4 Å². The highest BCUT2D eigenvalue weighted by molar-refractivity contribution is 6.09. The molecule has 0 spiro atoms. The van der Waals surface area contributed by atoms with E-state index in [0.29, 0.717) is 0 Å². The van der Waals surface area contributed by atoms with Crippen LogP contribution < -0.4 is 0 Å². The molecule has 0 heteroatoms. The van der Waals surface area contributed by atoms with Gasteiger partial charge < -0.3 is 0 Å². The number of fused-ring (bicyclic) bond motifs is 4. The number of hydrogen-bond donors (Lipinski definition) is 0. The van der Waals surface area contributed by atoms with Crippen molar-refractivity contribution in [1.82, 2.24) is 0 Å². The lowest BCUT2D eigenvalue weighted by Gasteiger charge is -2.29. The molecule has 0 radical (unpaired) electrons. The molecule has 26 heavy (non-hydrogen) atoms. The molecule has 0 atom stereocenters. The van der Waals surface area contributed by atoms with Crippen LogP contribution in [0.15, 0.2) is 54.6 Å². The Morgan fingerprint density at radius 1 is 0.577 bits per heavy atom. The monoisotopic (exact) mass is 340 g/mol. The first-order valence-electron chi connectivity index (χ1n) is 10.2. The molecule has 1 aliphatic carbocycles. The van der Waals surface area contributed by atoms with Crippen molar-refractivity contribution >= 4 is 0 Å². The standard InChI is InChI=1S/C26H28/c1-4-7-11-20-18(5-2)16-17-19(6-3)25(20)24-15-10-14-23-21-12-8-9-13-22(21)26(23)24/h8-10,12-17H,4-7,11H2,1-3H3. The van der Waals surface area contributed by atoms with Crippen LogP contribution in [0, 0.1) is 0 Å². The number of unbranched alkanes of at least 4 members (excludes halogenated alkanes) is 1. The van der Waals surface area contributed by atoms with Crippen LogP contribution in [0.1, 0.15) is 50.3 Å². The second kappa shape index (κ2) is 7.11. The van der Waals surface area contributed by atoms with Gasteiger partial charge in [-0.25, -0.2) is 0 Å². The van der Waals surface area contributed by atoms with Crippen molar-refractivity contribution in [2.45, 2.75) is 52.9 Å². The van der Waals surface area contributed by atoms with E-state index in [4.69, 9.17) is 0 Å². The SMILES string of the molecule is CCCCc1c(CC)ccc(CC)c1-c1cccc2c1-c1ccccc1-2. The molecule has 3 aromatic rings. The summed E-state index contributed by atoms with van der Waals surface area (Å²) in [5, 5.41) is 0. The Morgan fingerprint density at radius 3 is 1.96 bits per heavy atom. The fourth-order valence-electron chi connectivity index (χ4n) is 4.49. The summed E-state index contributed by atoms with van der Waals surface area (Å²) in [6.07, 6.45) is 5.90. The van der Waals surface area contributed by atoms with Gasteiger partial charge >= 0.3 is 0 Å². The van der Waals surface area contributed by atoms with Crippen molar-refractivity contribution in [2.24, 2.45) is 0 Å². The van der Waals surface area contributed by atoms with Gasteiger partial charge in [0.05, 0.1) is 0 Å². The van der Waals surface area contributed by atoms with E-state index in [9.17, 15) is 0 Å². The Hall–Kier alpha value is -2.34. The van der Waals surface area contributed by atoms with Gasteiger partial charge in [-0.05, 0) is 75.8 Å². The number of hydrogen-bond acceptors (Lipinski definition) is 0. The summed E-state index contributed by atoms with van der Waals surface area (Å²) in [4.78, 5) is 0. The maximum Gasteiger partial charge on any atom is -0.00202 e. The van der Waals surface area contributed by atoms with Gasteiger partial charge in [0.1, 0.15) is 0 Å². The molecule has 0 fully saturated rings. The summed E-state index contributed by atoms with van der Waals surface area (Å²) in [5.74, 6) is 0. The third kappa shape index (κ3) is 2.60. The fraction of sp³-hybridized carbons (Fsp3) is 0.308. The van der Waals surface area contributed by atoms with Crippen molar-refractivity contribution in [3.63, 3.8) is 0 Å². The first-order chi connectivity index (χ1) is 12.8. The average molecular weight is 341 g/mol. The first kappa shape index (κ1) is 17.1. The maximum absolute atomic E-state index is 2.37. The van der Waals surface area contributed by atoms with E-state index in [1.807, 2.05) is 0 Å². The molecule has 0 unspecified atom stereocenters. The Kier molecular flexibility index (Phi) is 4.68. The number of aryl methyl sites for hydroxylation is 2. The van der Waals surface area contributed by atoms with Crippen LogP contribution in [0.5, 0.6) is 0 Å². The Balaban J connectivity index is 1.96. The topological polar surface area (TPSA) is 0 Å². The van der Waals surface area contributed by atoms with Crippen LogP contribution in [0.3, 0.4) is 0 Å². The van der Waals surface area contributed by atoms with Gasteiger partial charge in [0.25, 0.3) is 0 Å². The van der Waals surface area contributed by atoms with E-state index in [-0.39, 0.29) is 0 Å². The number of benzene rings is 3. The summed E-state index contributed by atoms with van der Waals surface area (Å²) in [6.45, 7) is 6.87. The third-order valence-corrected chi connectivity index (χ3v) is 5.86. The predicted octanol–water partition coefficient (Wildman–Crippen LogP) is 7.47. The van der Waals surface area contributed by atoms with E-state index >= 15 is 0 Å². The summed E-state index contributed by atoms with van der Waals surface area (Å²) < 4.78 is 0. The van der Waals surface area contributed by atoms with Crippen molar-refractivity contribution in [1.29, 1.82) is 0 Å². The van der Waals surface area contributed by atoms with Crippen LogP contribution in [0.4, 0.5) is 0 Å². The molecule has 0 aromatic heterocycles. The average Bonchev–Trinajstić information content (AvgIpc) is 2.69. The predicted molar refractivity (Wildman–Crippen MR) is 114 cm³/mol. The minimum Gasteiger partial charge on any atom is -0.0654 e. The molecule has 0 N–H and O–H groups in total. The number of rotatable bonds is 6. The van der Waals surface area contributed by atoms with Crippen LogP contribution >= 0.6 is 0 Å². The zero-order chi connectivity index (χ0) is 18.1. The fourth-order valence-corrected chi connectivity index (χ4v) is 4.49. The minimum atomic E-state index is 1.09. The normalized spacial score (nSPS) is 11.7. The summed E-state index contributed by atoms with van der Waals surface area (Å²) in [6, 6.07) is 20.5. The summed E-state index contributed by atoms with van der Waals surface area (Å²) in [5.41, 5.74) is 13.3. The second-order valence-corrected chi connectivity index (χ2v) is 7.32. The quantitative estimate of drug-likeness (QED) is 0.341.